The lowest BCUT2D eigenvalue weighted by molar-refractivity contribution is 0.0118. The van der Waals surface area contributed by atoms with Crippen molar-refractivity contribution < 1.29 is 23.4 Å². The Balaban J connectivity index is 1.58. The predicted molar refractivity (Wildman–Crippen MR) is 151 cm³/mol. The zero-order valence-electron chi connectivity index (χ0n) is 20.0. The molecule has 2 N–H and O–H groups in total. The van der Waals surface area contributed by atoms with Gasteiger partial charge in [-0.1, -0.05) is 11.6 Å². The molecule has 0 saturated carbocycles. The monoisotopic (exact) mass is 690 g/mol. The first-order valence-electron chi connectivity index (χ1n) is 11.7. The Hall–Kier alpha value is -3.22. The number of halogens is 6. The Labute approximate surface area is 246 Å². The smallest absolute Gasteiger partial charge is 0.159 e. The van der Waals surface area contributed by atoms with Gasteiger partial charge in [-0.2, -0.15) is 0 Å². The van der Waals surface area contributed by atoms with Crippen LogP contribution in [0.15, 0.2) is 82.0 Å². The van der Waals surface area contributed by atoms with Crippen LogP contribution in [0.5, 0.6) is 0 Å². The fourth-order valence-corrected chi connectivity index (χ4v) is 5.50. The van der Waals surface area contributed by atoms with E-state index in [0.717, 1.165) is 12.1 Å². The summed E-state index contributed by atoms with van der Waals surface area (Å²) in [4.78, 5) is 9.18. The number of fused-ring (bicyclic) bond motifs is 2. The normalized spacial score (nSPS) is 13.3. The van der Waals surface area contributed by atoms with Crippen molar-refractivity contribution in [2.24, 2.45) is 0 Å². The lowest BCUT2D eigenvalue weighted by Crippen LogP contribution is -2.16. The van der Waals surface area contributed by atoms with Crippen molar-refractivity contribution in [3.8, 4) is 22.5 Å². The molecule has 40 heavy (non-hydrogen) atoms. The summed E-state index contributed by atoms with van der Waals surface area (Å²) in [7, 11) is 0. The van der Waals surface area contributed by atoms with E-state index in [1.165, 1.54) is 24.3 Å². The molecule has 0 saturated heterocycles. The second-order valence-corrected chi connectivity index (χ2v) is 11.2. The zero-order chi connectivity index (χ0) is 28.3. The molecule has 6 nitrogen and oxygen atoms in total. The molecule has 4 aromatic heterocycles. The first-order valence-corrected chi connectivity index (χ1v) is 13.7. The molecule has 12 heteroatoms. The molecule has 0 aliphatic carbocycles. The van der Waals surface area contributed by atoms with Crippen LogP contribution in [0.1, 0.15) is 23.6 Å². The SMILES string of the molecule is OC(c1c(-c2ccc(F)c(F)c2)nc2ccc(Br)cn12)C(O)c1c(-c2ccc(F)c(Cl)c2)nc2ccc(Br)cn12. The van der Waals surface area contributed by atoms with Crippen LogP contribution in [0.4, 0.5) is 13.2 Å². The summed E-state index contributed by atoms with van der Waals surface area (Å²) < 4.78 is 46.4. The number of nitrogens with zero attached hydrogens (tertiary/aromatic N) is 4. The summed E-state index contributed by atoms with van der Waals surface area (Å²) in [6, 6.07) is 14.2. The van der Waals surface area contributed by atoms with Gasteiger partial charge in [0.2, 0.25) is 0 Å². The molecule has 2 aromatic carbocycles. The highest BCUT2D eigenvalue weighted by molar-refractivity contribution is 9.10. The van der Waals surface area contributed by atoms with Gasteiger partial charge in [0.05, 0.1) is 27.8 Å². The van der Waals surface area contributed by atoms with Gasteiger partial charge < -0.3 is 10.2 Å². The van der Waals surface area contributed by atoms with E-state index < -0.39 is 29.7 Å². The minimum absolute atomic E-state index is 0.128. The minimum atomic E-state index is -1.64. The highest BCUT2D eigenvalue weighted by atomic mass is 79.9. The quantitative estimate of drug-likeness (QED) is 0.195. The molecule has 6 rings (SSSR count). The lowest BCUT2D eigenvalue weighted by atomic mass is 9.99. The molecule has 6 aromatic rings. The van der Waals surface area contributed by atoms with E-state index in [2.05, 4.69) is 41.8 Å². The summed E-state index contributed by atoms with van der Waals surface area (Å²) in [5, 5.41) is 23.4. The molecular weight excluding hydrogens is 677 g/mol. The highest BCUT2D eigenvalue weighted by Gasteiger charge is 2.33. The van der Waals surface area contributed by atoms with E-state index in [-0.39, 0.29) is 33.4 Å². The van der Waals surface area contributed by atoms with E-state index in [0.29, 0.717) is 25.8 Å². The lowest BCUT2D eigenvalue weighted by Gasteiger charge is -2.21. The Bertz CT molecular complexity index is 1810. The van der Waals surface area contributed by atoms with Gasteiger partial charge in [-0.25, -0.2) is 23.1 Å². The van der Waals surface area contributed by atoms with Crippen molar-refractivity contribution in [3.05, 3.63) is 116 Å². The molecule has 0 spiro atoms. The molecule has 0 bridgehead atoms. The number of hydrogen-bond donors (Lipinski definition) is 2. The molecule has 0 amide bonds. The maximum Gasteiger partial charge on any atom is 0.159 e. The maximum absolute atomic E-state index is 14.2. The summed E-state index contributed by atoms with van der Waals surface area (Å²) >= 11 is 12.9. The van der Waals surface area contributed by atoms with Crippen LogP contribution in [-0.4, -0.2) is 29.0 Å². The molecule has 0 aliphatic rings. The number of aromatic nitrogens is 4. The fraction of sp³-hybridized carbons (Fsp3) is 0.0714. The van der Waals surface area contributed by atoms with Gasteiger partial charge in [0.1, 0.15) is 29.3 Å². The molecule has 0 radical (unpaired) electrons. The topological polar surface area (TPSA) is 75.1 Å². The standard InChI is InChI=1S/C28H16Br2ClF3N4O2/c29-15-3-7-21-35-23(13-1-5-18(32)17(31)9-13)25(37(21)11-15)27(39)28(40)26-24(14-2-6-19(33)20(34)10-14)36-22-8-4-16(30)12-38(22)26/h1-12,27-28,39-40H. The molecule has 2 atom stereocenters. The van der Waals surface area contributed by atoms with Gasteiger partial charge in [0.25, 0.3) is 0 Å². The van der Waals surface area contributed by atoms with Crippen molar-refractivity contribution >= 4 is 54.8 Å². The van der Waals surface area contributed by atoms with Crippen LogP contribution in [0.3, 0.4) is 0 Å². The first-order chi connectivity index (χ1) is 19.1. The second kappa shape index (κ2) is 10.3. The first kappa shape index (κ1) is 27.0. The average Bonchev–Trinajstić information content (AvgIpc) is 3.49. The summed E-state index contributed by atoms with van der Waals surface area (Å²) in [6.07, 6.45) is 0.0544. The maximum atomic E-state index is 14.2. The minimum Gasteiger partial charge on any atom is -0.384 e. The number of aliphatic hydroxyl groups excluding tert-OH is 2. The number of rotatable bonds is 5. The van der Waals surface area contributed by atoms with E-state index in [1.807, 2.05) is 0 Å². The molecule has 0 fully saturated rings. The third-order valence-corrected chi connectivity index (χ3v) is 7.71. The number of benzene rings is 2. The van der Waals surface area contributed by atoms with Gasteiger partial charge in [-0.05, 0) is 92.5 Å². The van der Waals surface area contributed by atoms with Gasteiger partial charge >= 0.3 is 0 Å². The van der Waals surface area contributed by atoms with Crippen molar-refractivity contribution in [1.82, 2.24) is 18.8 Å². The van der Waals surface area contributed by atoms with E-state index in [1.54, 1.807) is 45.5 Å². The van der Waals surface area contributed by atoms with Crippen molar-refractivity contribution in [1.29, 1.82) is 0 Å². The van der Waals surface area contributed by atoms with Gasteiger partial charge in [-0.3, -0.25) is 8.80 Å². The van der Waals surface area contributed by atoms with Crippen LogP contribution in [0.2, 0.25) is 5.02 Å². The van der Waals surface area contributed by atoms with Crippen LogP contribution in [0.25, 0.3) is 33.8 Å². The third kappa shape index (κ3) is 4.61. The number of pyridine rings is 2. The number of aliphatic hydroxyl groups is 2. The average molecular weight is 693 g/mol. The van der Waals surface area contributed by atoms with Crippen LogP contribution in [-0.2, 0) is 0 Å². The number of hydrogen-bond acceptors (Lipinski definition) is 4. The Kier molecular flexibility index (Phi) is 6.96. The Morgan fingerprint density at radius 2 is 1.12 bits per heavy atom. The zero-order valence-corrected chi connectivity index (χ0v) is 24.0. The van der Waals surface area contributed by atoms with Crippen LogP contribution >= 0.6 is 43.5 Å². The Morgan fingerprint density at radius 1 is 0.650 bits per heavy atom. The fourth-order valence-electron chi connectivity index (χ4n) is 4.65. The van der Waals surface area contributed by atoms with Gasteiger partial charge in [-0.15, -0.1) is 0 Å². The van der Waals surface area contributed by atoms with E-state index in [4.69, 9.17) is 11.6 Å². The largest absolute Gasteiger partial charge is 0.384 e. The summed E-state index contributed by atoms with van der Waals surface area (Å²) in [6.45, 7) is 0. The predicted octanol–water partition coefficient (Wildman–Crippen LogP) is 7.68. The molecule has 4 heterocycles. The van der Waals surface area contributed by atoms with Crippen molar-refractivity contribution in [2.45, 2.75) is 12.2 Å². The van der Waals surface area contributed by atoms with Crippen molar-refractivity contribution in [2.75, 3.05) is 0 Å². The van der Waals surface area contributed by atoms with Gasteiger partial charge in [0, 0.05) is 32.5 Å². The molecule has 202 valence electrons. The van der Waals surface area contributed by atoms with Crippen LogP contribution < -0.4 is 0 Å². The molecular formula is C28H16Br2ClF3N4O2. The molecule has 0 aliphatic heterocycles. The van der Waals surface area contributed by atoms with Gasteiger partial charge in [0.15, 0.2) is 11.6 Å². The molecule has 2 unspecified atom stereocenters. The van der Waals surface area contributed by atoms with Crippen molar-refractivity contribution in [3.63, 3.8) is 0 Å². The Morgan fingerprint density at radius 3 is 1.60 bits per heavy atom. The highest BCUT2D eigenvalue weighted by Crippen LogP contribution is 2.40. The summed E-state index contributed by atoms with van der Waals surface area (Å²) in [5.41, 5.74) is 2.18. The van der Waals surface area contributed by atoms with Crippen LogP contribution in [0, 0.1) is 17.5 Å². The van der Waals surface area contributed by atoms with E-state index in [9.17, 15) is 23.4 Å². The summed E-state index contributed by atoms with van der Waals surface area (Å²) in [5.74, 6) is -2.73. The second-order valence-electron chi connectivity index (χ2n) is 8.99. The van der Waals surface area contributed by atoms with E-state index >= 15 is 0 Å². The number of imidazole rings is 2. The third-order valence-electron chi connectivity index (χ3n) is 6.48.